The van der Waals surface area contributed by atoms with Crippen molar-refractivity contribution in [1.29, 1.82) is 0 Å². The van der Waals surface area contributed by atoms with Gasteiger partial charge in [0.1, 0.15) is 0 Å². The monoisotopic (exact) mass is 256 g/mol. The van der Waals surface area contributed by atoms with E-state index in [4.69, 9.17) is 0 Å². The second-order valence-corrected chi connectivity index (χ2v) is 5.26. The minimum atomic E-state index is 0. The van der Waals surface area contributed by atoms with Crippen molar-refractivity contribution in [3.05, 3.63) is 65.3 Å². The topological polar surface area (TPSA) is 0 Å². The highest BCUT2D eigenvalue weighted by Gasteiger charge is 2.24. The van der Waals surface area contributed by atoms with E-state index in [1.165, 1.54) is 22.3 Å². The molecule has 1 aromatic rings. The van der Waals surface area contributed by atoms with Gasteiger partial charge in [-0.25, -0.2) is 0 Å². The first-order valence-electron chi connectivity index (χ1n) is 5.86. The lowest BCUT2D eigenvalue weighted by molar-refractivity contribution is 0.629. The predicted molar refractivity (Wildman–Crippen MR) is 89.3 cm³/mol. The third-order valence-corrected chi connectivity index (χ3v) is 3.37. The van der Waals surface area contributed by atoms with E-state index in [2.05, 4.69) is 62.4 Å². The summed E-state index contributed by atoms with van der Waals surface area (Å²) in [5.41, 5.74) is 5.94. The van der Waals surface area contributed by atoms with Crippen LogP contribution in [0.1, 0.15) is 47.3 Å². The summed E-state index contributed by atoms with van der Waals surface area (Å²) in [7, 11) is 0. The molecule has 0 aromatic heterocycles. The van der Waals surface area contributed by atoms with Gasteiger partial charge in [-0.15, -0.1) is 0 Å². The maximum absolute atomic E-state index is 2.40. The van der Waals surface area contributed by atoms with E-state index in [1.54, 1.807) is 0 Å². The van der Waals surface area contributed by atoms with Crippen LogP contribution in [0.25, 0.3) is 5.57 Å². The van der Waals surface area contributed by atoms with Crippen LogP contribution >= 0.6 is 0 Å². The Kier molecular flexibility index (Phi) is 5.56. The van der Waals surface area contributed by atoms with Gasteiger partial charge in [0.05, 0.1) is 0 Å². The van der Waals surface area contributed by atoms with Crippen LogP contribution in [0.2, 0.25) is 0 Å². The van der Waals surface area contributed by atoms with Crippen molar-refractivity contribution in [3.8, 4) is 0 Å². The molecule has 0 amide bonds. The Balaban J connectivity index is 0.00000108. The standard InChI is InChI=1S/C16H16.3CH4/c1-16(2)9-5-7-13-10-12-6-3-4-8-14(12)15(13)11-16;;;/h3-9,11H,10H2,1-2H3;3*1H4. The van der Waals surface area contributed by atoms with Crippen molar-refractivity contribution in [1.82, 2.24) is 0 Å². The summed E-state index contributed by atoms with van der Waals surface area (Å²) in [6.45, 7) is 4.52. The summed E-state index contributed by atoms with van der Waals surface area (Å²) in [6.07, 6.45) is 10.2. The van der Waals surface area contributed by atoms with E-state index in [1.807, 2.05) is 0 Å². The van der Waals surface area contributed by atoms with E-state index in [-0.39, 0.29) is 27.7 Å². The van der Waals surface area contributed by atoms with Gasteiger partial charge in [-0.3, -0.25) is 0 Å². The first kappa shape index (κ1) is 17.4. The molecule has 0 spiro atoms. The summed E-state index contributed by atoms with van der Waals surface area (Å²) < 4.78 is 0. The highest BCUT2D eigenvalue weighted by molar-refractivity contribution is 5.87. The van der Waals surface area contributed by atoms with Gasteiger partial charge in [-0.05, 0) is 28.7 Å². The Labute approximate surface area is 119 Å². The molecule has 0 N–H and O–H groups in total. The molecule has 2 aliphatic rings. The molecule has 0 fully saturated rings. The van der Waals surface area contributed by atoms with Crippen LogP contribution in [-0.4, -0.2) is 0 Å². The highest BCUT2D eigenvalue weighted by atomic mass is 14.3. The quantitative estimate of drug-likeness (QED) is 0.529. The van der Waals surface area contributed by atoms with Crippen LogP contribution in [0, 0.1) is 5.41 Å². The highest BCUT2D eigenvalue weighted by Crippen LogP contribution is 2.40. The van der Waals surface area contributed by atoms with Crippen molar-refractivity contribution in [2.45, 2.75) is 42.5 Å². The van der Waals surface area contributed by atoms with Crippen LogP contribution < -0.4 is 0 Å². The molecule has 1 aromatic carbocycles. The molecule has 0 saturated heterocycles. The van der Waals surface area contributed by atoms with Crippen LogP contribution in [-0.2, 0) is 6.42 Å². The molecule has 0 saturated carbocycles. The molecule has 0 heteroatoms. The molecule has 0 bridgehead atoms. The fourth-order valence-corrected chi connectivity index (χ4v) is 2.56. The van der Waals surface area contributed by atoms with Gasteiger partial charge in [0.15, 0.2) is 0 Å². The second kappa shape index (κ2) is 6.06. The number of fused-ring (bicyclic) bond motifs is 3. The van der Waals surface area contributed by atoms with Gasteiger partial charge in [0.2, 0.25) is 0 Å². The molecule has 104 valence electrons. The van der Waals surface area contributed by atoms with E-state index in [0.29, 0.717) is 0 Å². The van der Waals surface area contributed by atoms with Gasteiger partial charge in [-0.2, -0.15) is 0 Å². The number of rotatable bonds is 0. The van der Waals surface area contributed by atoms with Crippen LogP contribution in [0.5, 0.6) is 0 Å². The fraction of sp³-hybridized carbons (Fsp3) is 0.368. The van der Waals surface area contributed by atoms with Crippen molar-refractivity contribution >= 4 is 5.57 Å². The number of hydrogen-bond donors (Lipinski definition) is 0. The number of hydrogen-bond acceptors (Lipinski definition) is 0. The maximum atomic E-state index is 2.40. The molecule has 0 unspecified atom stereocenters. The fourth-order valence-electron chi connectivity index (χ4n) is 2.56. The van der Waals surface area contributed by atoms with Crippen molar-refractivity contribution in [2.24, 2.45) is 5.41 Å². The SMILES string of the molecule is C.C.C.CC1(C)C=CC=C2Cc3ccccc3C2=C1. The molecular formula is C19H28. The Morgan fingerprint density at radius 3 is 2.42 bits per heavy atom. The predicted octanol–water partition coefficient (Wildman–Crippen LogP) is 6.06. The third-order valence-electron chi connectivity index (χ3n) is 3.37. The Hall–Kier alpha value is -1.56. The normalized spacial score (nSPS) is 17.4. The van der Waals surface area contributed by atoms with Gasteiger partial charge >= 0.3 is 0 Å². The molecule has 0 atom stereocenters. The average Bonchev–Trinajstić information content (AvgIpc) is 2.48. The second-order valence-electron chi connectivity index (χ2n) is 5.26. The first-order chi connectivity index (χ1) is 7.66. The van der Waals surface area contributed by atoms with Crippen molar-refractivity contribution in [3.63, 3.8) is 0 Å². The lowest BCUT2D eigenvalue weighted by Crippen LogP contribution is -2.02. The zero-order valence-corrected chi connectivity index (χ0v) is 9.83. The smallest absolute Gasteiger partial charge is 0.00168 e. The van der Waals surface area contributed by atoms with E-state index < -0.39 is 0 Å². The summed E-state index contributed by atoms with van der Waals surface area (Å²) in [6, 6.07) is 8.74. The molecule has 3 rings (SSSR count). The van der Waals surface area contributed by atoms with Gasteiger partial charge in [-0.1, -0.05) is 84.7 Å². The molecule has 19 heavy (non-hydrogen) atoms. The van der Waals surface area contributed by atoms with E-state index >= 15 is 0 Å². The van der Waals surface area contributed by atoms with Gasteiger partial charge in [0.25, 0.3) is 0 Å². The summed E-state index contributed by atoms with van der Waals surface area (Å²) in [5, 5.41) is 0. The largest absolute Gasteiger partial charge is 0.0776 e. The molecule has 0 aliphatic heterocycles. The lowest BCUT2D eigenvalue weighted by Gasteiger charge is -2.15. The van der Waals surface area contributed by atoms with Crippen molar-refractivity contribution in [2.75, 3.05) is 0 Å². The van der Waals surface area contributed by atoms with Crippen molar-refractivity contribution < 1.29 is 0 Å². The van der Waals surface area contributed by atoms with Crippen LogP contribution in [0.15, 0.2) is 54.1 Å². The number of allylic oxidation sites excluding steroid dienone is 6. The maximum Gasteiger partial charge on any atom is 0.00168 e. The Bertz CT molecular complexity index is 525. The van der Waals surface area contributed by atoms with Gasteiger partial charge in [0, 0.05) is 5.41 Å². The molecular weight excluding hydrogens is 228 g/mol. The zero-order valence-electron chi connectivity index (χ0n) is 9.83. The van der Waals surface area contributed by atoms with E-state index in [0.717, 1.165) is 6.42 Å². The lowest BCUT2D eigenvalue weighted by atomic mass is 9.89. The number of benzene rings is 1. The minimum absolute atomic E-state index is 0. The molecule has 0 radical (unpaired) electrons. The molecule has 0 heterocycles. The summed E-state index contributed by atoms with van der Waals surface area (Å²) in [5.74, 6) is 0. The zero-order chi connectivity index (χ0) is 11.2. The van der Waals surface area contributed by atoms with Crippen LogP contribution in [0.3, 0.4) is 0 Å². The molecule has 0 nitrogen and oxygen atoms in total. The van der Waals surface area contributed by atoms with Crippen LogP contribution in [0.4, 0.5) is 0 Å². The summed E-state index contributed by atoms with van der Waals surface area (Å²) in [4.78, 5) is 0. The minimum Gasteiger partial charge on any atom is -0.0776 e. The Morgan fingerprint density at radius 2 is 1.68 bits per heavy atom. The average molecular weight is 256 g/mol. The molecule has 2 aliphatic carbocycles. The summed E-state index contributed by atoms with van der Waals surface area (Å²) >= 11 is 0. The Morgan fingerprint density at radius 1 is 1.00 bits per heavy atom. The van der Waals surface area contributed by atoms with E-state index in [9.17, 15) is 0 Å². The third kappa shape index (κ3) is 3.07. The first-order valence-corrected chi connectivity index (χ1v) is 5.86. The van der Waals surface area contributed by atoms with Gasteiger partial charge < -0.3 is 0 Å².